The van der Waals surface area contributed by atoms with E-state index in [2.05, 4.69) is 0 Å². The van der Waals surface area contributed by atoms with Gasteiger partial charge in [-0.05, 0) is 39.0 Å². The highest BCUT2D eigenvalue weighted by molar-refractivity contribution is 6.30. The molecule has 0 aliphatic carbocycles. The molecule has 0 aliphatic rings. The van der Waals surface area contributed by atoms with Crippen molar-refractivity contribution >= 4 is 17.6 Å². The molecule has 0 bridgehead atoms. The number of ether oxygens (including phenoxy) is 2. The van der Waals surface area contributed by atoms with Crippen molar-refractivity contribution in [3.63, 3.8) is 0 Å². The normalized spacial score (nSPS) is 11.3. The topological polar surface area (TPSA) is 57.5 Å². The summed E-state index contributed by atoms with van der Waals surface area (Å²) in [5.74, 6) is -0.852. The molecule has 0 aliphatic heterocycles. The molecule has 0 amide bonds. The molecule has 134 valence electrons. The Kier molecular flexibility index (Phi) is 5.52. The predicted octanol–water partition coefficient (Wildman–Crippen LogP) is 3.66. The second-order valence-corrected chi connectivity index (χ2v) is 6.87. The number of halogens is 2. The van der Waals surface area contributed by atoms with Gasteiger partial charge in [0.2, 0.25) is 0 Å². The first-order chi connectivity index (χ1) is 11.6. The van der Waals surface area contributed by atoms with Crippen molar-refractivity contribution < 1.29 is 18.7 Å². The molecule has 5 nitrogen and oxygen atoms in total. The van der Waals surface area contributed by atoms with Crippen molar-refractivity contribution in [2.45, 2.75) is 32.9 Å². The van der Waals surface area contributed by atoms with E-state index in [-0.39, 0.29) is 23.4 Å². The highest BCUT2D eigenvalue weighted by atomic mass is 35.5. The molecular weight excluding hydrogens is 349 g/mol. The monoisotopic (exact) mass is 367 g/mol. The van der Waals surface area contributed by atoms with Crippen LogP contribution in [0, 0.1) is 5.82 Å². The van der Waals surface area contributed by atoms with Crippen molar-refractivity contribution in [3.8, 4) is 16.9 Å². The minimum absolute atomic E-state index is 0.144. The SMILES string of the molecule is COc1cn(CC(=O)OC(C)(C)C)c(=O)cc1-c1cc(Cl)ccc1F. The van der Waals surface area contributed by atoms with E-state index >= 15 is 0 Å². The second-order valence-electron chi connectivity index (χ2n) is 6.43. The molecule has 2 aromatic rings. The highest BCUT2D eigenvalue weighted by Crippen LogP contribution is 2.32. The molecule has 0 radical (unpaired) electrons. The van der Waals surface area contributed by atoms with E-state index in [4.69, 9.17) is 21.1 Å². The predicted molar refractivity (Wildman–Crippen MR) is 93.5 cm³/mol. The van der Waals surface area contributed by atoms with Crippen LogP contribution in [0.15, 0.2) is 35.3 Å². The molecule has 0 spiro atoms. The van der Waals surface area contributed by atoms with Gasteiger partial charge in [0, 0.05) is 22.2 Å². The van der Waals surface area contributed by atoms with E-state index in [1.807, 2.05) is 0 Å². The zero-order chi connectivity index (χ0) is 18.8. The first-order valence-electron chi connectivity index (χ1n) is 7.56. The van der Waals surface area contributed by atoms with Gasteiger partial charge in [-0.15, -0.1) is 0 Å². The maximum Gasteiger partial charge on any atom is 0.326 e. The van der Waals surface area contributed by atoms with Crippen LogP contribution in [0.4, 0.5) is 4.39 Å². The summed E-state index contributed by atoms with van der Waals surface area (Å²) in [4.78, 5) is 24.3. The molecule has 2 rings (SSSR count). The summed E-state index contributed by atoms with van der Waals surface area (Å²) in [5, 5.41) is 0.330. The third-order valence-corrected chi connectivity index (χ3v) is 3.48. The van der Waals surface area contributed by atoms with Crippen LogP contribution in [0.25, 0.3) is 11.1 Å². The second kappa shape index (κ2) is 7.27. The Morgan fingerprint density at radius 3 is 2.52 bits per heavy atom. The maximum absolute atomic E-state index is 14.1. The summed E-state index contributed by atoms with van der Waals surface area (Å²) < 4.78 is 25.7. The van der Waals surface area contributed by atoms with Crippen molar-refractivity contribution in [1.82, 2.24) is 4.57 Å². The summed E-state index contributed by atoms with van der Waals surface area (Å²) in [7, 11) is 1.39. The van der Waals surface area contributed by atoms with E-state index in [1.54, 1.807) is 20.8 Å². The van der Waals surface area contributed by atoms with E-state index < -0.39 is 22.9 Å². The molecule has 1 aromatic heterocycles. The number of methoxy groups -OCH3 is 1. The molecule has 25 heavy (non-hydrogen) atoms. The van der Waals surface area contributed by atoms with Gasteiger partial charge < -0.3 is 14.0 Å². The summed E-state index contributed by atoms with van der Waals surface area (Å²) in [6.45, 7) is 4.93. The molecule has 1 heterocycles. The average molecular weight is 368 g/mol. The lowest BCUT2D eigenvalue weighted by molar-refractivity contribution is -0.155. The molecule has 1 aromatic carbocycles. The number of rotatable bonds is 4. The molecule has 0 saturated heterocycles. The minimum Gasteiger partial charge on any atom is -0.495 e. The first kappa shape index (κ1) is 19.0. The molecule has 0 N–H and O–H groups in total. The number of esters is 1. The Bertz CT molecular complexity index is 855. The van der Waals surface area contributed by atoms with Crippen LogP contribution < -0.4 is 10.3 Å². The van der Waals surface area contributed by atoms with Crippen LogP contribution >= 0.6 is 11.6 Å². The van der Waals surface area contributed by atoms with Gasteiger partial charge >= 0.3 is 5.97 Å². The fourth-order valence-electron chi connectivity index (χ4n) is 2.27. The summed E-state index contributed by atoms with van der Waals surface area (Å²) >= 11 is 5.91. The van der Waals surface area contributed by atoms with Gasteiger partial charge in [-0.3, -0.25) is 9.59 Å². The van der Waals surface area contributed by atoms with Gasteiger partial charge in [0.15, 0.2) is 0 Å². The lowest BCUT2D eigenvalue weighted by Crippen LogP contribution is -2.30. The minimum atomic E-state index is -0.658. The molecular formula is C18H19ClFNO4. The van der Waals surface area contributed by atoms with Crippen molar-refractivity contribution in [1.29, 1.82) is 0 Å². The number of hydrogen-bond donors (Lipinski definition) is 0. The maximum atomic E-state index is 14.1. The number of carbonyl (C=O) groups is 1. The Hall–Kier alpha value is -2.34. The zero-order valence-corrected chi connectivity index (χ0v) is 15.2. The number of aromatic nitrogens is 1. The number of nitrogens with zero attached hydrogens (tertiary/aromatic N) is 1. The van der Waals surface area contributed by atoms with Crippen LogP contribution in [0.1, 0.15) is 20.8 Å². The number of carbonyl (C=O) groups excluding carboxylic acids is 1. The van der Waals surface area contributed by atoms with E-state index in [0.717, 1.165) is 4.57 Å². The largest absolute Gasteiger partial charge is 0.495 e. The number of pyridine rings is 1. The van der Waals surface area contributed by atoms with Crippen molar-refractivity contribution in [2.75, 3.05) is 7.11 Å². The Morgan fingerprint density at radius 1 is 1.24 bits per heavy atom. The third-order valence-electron chi connectivity index (χ3n) is 3.25. The molecule has 0 atom stereocenters. The van der Waals surface area contributed by atoms with Crippen LogP contribution in [-0.4, -0.2) is 23.2 Å². The van der Waals surface area contributed by atoms with Crippen LogP contribution in [0.3, 0.4) is 0 Å². The van der Waals surface area contributed by atoms with Crippen molar-refractivity contribution in [3.05, 3.63) is 51.7 Å². The van der Waals surface area contributed by atoms with Gasteiger partial charge in [0.05, 0.1) is 13.3 Å². The van der Waals surface area contributed by atoms with Gasteiger partial charge in [-0.2, -0.15) is 0 Å². The molecule has 7 heteroatoms. The van der Waals surface area contributed by atoms with Crippen LogP contribution in [0.5, 0.6) is 5.75 Å². The Labute approximate surface area is 149 Å². The molecule has 0 saturated carbocycles. The number of hydrogen-bond acceptors (Lipinski definition) is 4. The number of benzene rings is 1. The third kappa shape index (κ3) is 4.82. The average Bonchev–Trinajstić information content (AvgIpc) is 2.49. The molecule has 0 fully saturated rings. The quantitative estimate of drug-likeness (QED) is 0.774. The standard InChI is InChI=1S/C18H19ClFNO4/c1-18(2,3)25-17(23)10-21-9-15(24-4)13(8-16(21)22)12-7-11(19)5-6-14(12)20/h5-9H,10H2,1-4H3. The van der Waals surface area contributed by atoms with E-state index in [9.17, 15) is 14.0 Å². The summed E-state index contributed by atoms with van der Waals surface area (Å²) in [6, 6.07) is 5.24. The van der Waals surface area contributed by atoms with Gasteiger partial charge in [-0.25, -0.2) is 4.39 Å². The Morgan fingerprint density at radius 2 is 1.92 bits per heavy atom. The van der Waals surface area contributed by atoms with E-state index in [0.29, 0.717) is 5.02 Å². The van der Waals surface area contributed by atoms with Gasteiger partial charge in [0.25, 0.3) is 5.56 Å². The van der Waals surface area contributed by atoms with Gasteiger partial charge in [-0.1, -0.05) is 11.6 Å². The Balaban J connectivity index is 2.44. The van der Waals surface area contributed by atoms with Crippen LogP contribution in [-0.2, 0) is 16.1 Å². The first-order valence-corrected chi connectivity index (χ1v) is 7.94. The van der Waals surface area contributed by atoms with Crippen molar-refractivity contribution in [2.24, 2.45) is 0 Å². The fraction of sp³-hybridized carbons (Fsp3) is 0.333. The fourth-order valence-corrected chi connectivity index (χ4v) is 2.44. The lowest BCUT2D eigenvalue weighted by atomic mass is 10.1. The van der Waals surface area contributed by atoms with E-state index in [1.165, 1.54) is 37.6 Å². The smallest absolute Gasteiger partial charge is 0.326 e. The summed E-state index contributed by atoms with van der Waals surface area (Å²) in [5.41, 5.74) is -0.742. The zero-order valence-electron chi connectivity index (χ0n) is 14.4. The van der Waals surface area contributed by atoms with Gasteiger partial charge in [0.1, 0.15) is 23.7 Å². The lowest BCUT2D eigenvalue weighted by Gasteiger charge is -2.20. The summed E-state index contributed by atoms with van der Waals surface area (Å²) in [6.07, 6.45) is 1.35. The van der Waals surface area contributed by atoms with Crippen LogP contribution in [0.2, 0.25) is 5.02 Å². The highest BCUT2D eigenvalue weighted by Gasteiger charge is 2.19. The molecule has 0 unspecified atom stereocenters.